The van der Waals surface area contributed by atoms with Gasteiger partial charge in [0.15, 0.2) is 0 Å². The average molecular weight is 301 g/mol. The van der Waals surface area contributed by atoms with E-state index in [0.29, 0.717) is 12.3 Å². The highest BCUT2D eigenvalue weighted by Crippen LogP contribution is 2.26. The van der Waals surface area contributed by atoms with Crippen molar-refractivity contribution in [1.82, 2.24) is 9.78 Å². The summed E-state index contributed by atoms with van der Waals surface area (Å²) in [7, 11) is 5.62. The molecular weight excluding hydrogens is 278 g/mol. The van der Waals surface area contributed by atoms with E-state index in [1.165, 1.54) is 5.56 Å². The number of aromatic nitrogens is 2. The van der Waals surface area contributed by atoms with Crippen LogP contribution in [-0.4, -0.2) is 36.8 Å². The highest BCUT2D eigenvalue weighted by molar-refractivity contribution is 5.49. The summed E-state index contributed by atoms with van der Waals surface area (Å²) in [5.74, 6) is 1.14. The van der Waals surface area contributed by atoms with Gasteiger partial charge in [-0.25, -0.2) is 0 Å². The van der Waals surface area contributed by atoms with Crippen molar-refractivity contribution in [3.05, 3.63) is 42.2 Å². The second-order valence-corrected chi connectivity index (χ2v) is 5.47. The number of nitrogens with zero attached hydrogens (tertiary/aromatic N) is 3. The van der Waals surface area contributed by atoms with Crippen LogP contribution in [0.1, 0.15) is 24.3 Å². The van der Waals surface area contributed by atoms with Crippen molar-refractivity contribution in [2.75, 3.05) is 25.6 Å². The first-order chi connectivity index (χ1) is 10.6. The van der Waals surface area contributed by atoms with E-state index in [0.717, 1.165) is 30.7 Å². The van der Waals surface area contributed by atoms with Gasteiger partial charge in [-0.2, -0.15) is 5.10 Å². The van der Waals surface area contributed by atoms with Gasteiger partial charge in [0.2, 0.25) is 0 Å². The molecule has 5 nitrogen and oxygen atoms in total. The van der Waals surface area contributed by atoms with Crippen LogP contribution < -0.4 is 9.64 Å². The second kappa shape index (κ2) is 7.64. The van der Waals surface area contributed by atoms with Crippen molar-refractivity contribution in [1.29, 1.82) is 0 Å². The molecule has 0 radical (unpaired) electrons. The first-order valence-electron chi connectivity index (χ1n) is 7.41. The van der Waals surface area contributed by atoms with Crippen molar-refractivity contribution >= 4 is 12.0 Å². The molecule has 0 saturated heterocycles. The van der Waals surface area contributed by atoms with Crippen LogP contribution in [0.5, 0.6) is 5.75 Å². The van der Waals surface area contributed by atoms with Crippen molar-refractivity contribution in [3.8, 4) is 5.75 Å². The molecule has 22 heavy (non-hydrogen) atoms. The van der Waals surface area contributed by atoms with Crippen LogP contribution in [0.2, 0.25) is 0 Å². The van der Waals surface area contributed by atoms with Crippen LogP contribution in [0.15, 0.2) is 36.7 Å². The minimum absolute atomic E-state index is 0.293. The molecule has 2 rings (SSSR count). The maximum absolute atomic E-state index is 10.8. The zero-order chi connectivity index (χ0) is 15.9. The van der Waals surface area contributed by atoms with Crippen molar-refractivity contribution in [2.24, 2.45) is 7.05 Å². The SMILES string of the molecule is COc1ccc(C(CCC=O)CN(C)c2cnn(C)c2)cc1. The Hall–Kier alpha value is -2.30. The predicted molar refractivity (Wildman–Crippen MR) is 87.5 cm³/mol. The molecule has 0 aliphatic carbocycles. The summed E-state index contributed by atoms with van der Waals surface area (Å²) < 4.78 is 7.00. The Morgan fingerprint density at radius 1 is 1.36 bits per heavy atom. The fourth-order valence-electron chi connectivity index (χ4n) is 2.55. The largest absolute Gasteiger partial charge is 0.497 e. The van der Waals surface area contributed by atoms with Gasteiger partial charge in [0.1, 0.15) is 12.0 Å². The van der Waals surface area contributed by atoms with Gasteiger partial charge in [-0.1, -0.05) is 12.1 Å². The number of ether oxygens (including phenoxy) is 1. The van der Waals surface area contributed by atoms with Gasteiger partial charge in [-0.05, 0) is 24.1 Å². The lowest BCUT2D eigenvalue weighted by Gasteiger charge is -2.24. The standard InChI is InChI=1S/C17H23N3O2/c1-19(16-11-18-20(2)13-16)12-15(5-4-10-21)14-6-8-17(22-3)9-7-14/h6-11,13,15H,4-5,12H2,1-3H3. The van der Waals surface area contributed by atoms with Crippen LogP contribution in [-0.2, 0) is 11.8 Å². The van der Waals surface area contributed by atoms with Gasteiger partial charge >= 0.3 is 0 Å². The van der Waals surface area contributed by atoms with Gasteiger partial charge in [0, 0.05) is 39.2 Å². The topological polar surface area (TPSA) is 47.4 Å². The number of likely N-dealkylation sites (N-methyl/N-ethyl adjacent to an activating group) is 1. The number of rotatable bonds is 8. The molecule has 0 aliphatic rings. The number of aldehydes is 1. The van der Waals surface area contributed by atoms with Gasteiger partial charge in [-0.15, -0.1) is 0 Å². The van der Waals surface area contributed by atoms with E-state index in [1.807, 2.05) is 31.6 Å². The number of carbonyl (C=O) groups excluding carboxylic acids is 1. The van der Waals surface area contributed by atoms with Crippen molar-refractivity contribution in [3.63, 3.8) is 0 Å². The molecule has 0 N–H and O–H groups in total. The van der Waals surface area contributed by atoms with Gasteiger partial charge < -0.3 is 14.4 Å². The lowest BCUT2D eigenvalue weighted by atomic mass is 9.93. The zero-order valence-corrected chi connectivity index (χ0v) is 13.4. The number of methoxy groups -OCH3 is 1. The number of benzene rings is 1. The Morgan fingerprint density at radius 2 is 2.09 bits per heavy atom. The van der Waals surface area contributed by atoms with E-state index in [-0.39, 0.29) is 0 Å². The zero-order valence-electron chi connectivity index (χ0n) is 13.4. The van der Waals surface area contributed by atoms with Crippen LogP contribution in [0.4, 0.5) is 5.69 Å². The monoisotopic (exact) mass is 301 g/mol. The molecule has 0 amide bonds. The summed E-state index contributed by atoms with van der Waals surface area (Å²) >= 11 is 0. The highest BCUT2D eigenvalue weighted by atomic mass is 16.5. The van der Waals surface area contributed by atoms with Crippen molar-refractivity contribution < 1.29 is 9.53 Å². The van der Waals surface area contributed by atoms with Gasteiger partial charge in [0.05, 0.1) is 19.0 Å². The maximum atomic E-state index is 10.8. The molecule has 0 spiro atoms. The highest BCUT2D eigenvalue weighted by Gasteiger charge is 2.15. The summed E-state index contributed by atoms with van der Waals surface area (Å²) in [6.45, 7) is 0.839. The number of aryl methyl sites for hydroxylation is 1. The average Bonchev–Trinajstić information content (AvgIpc) is 2.98. The lowest BCUT2D eigenvalue weighted by molar-refractivity contribution is -0.108. The first-order valence-corrected chi connectivity index (χ1v) is 7.41. The minimum atomic E-state index is 0.293. The molecule has 1 aromatic carbocycles. The third-order valence-electron chi connectivity index (χ3n) is 3.85. The lowest BCUT2D eigenvalue weighted by Crippen LogP contribution is -2.24. The molecule has 0 aliphatic heterocycles. The van der Waals surface area contributed by atoms with Crippen LogP contribution in [0, 0.1) is 0 Å². The quantitative estimate of drug-likeness (QED) is 0.703. The Kier molecular flexibility index (Phi) is 5.58. The summed E-state index contributed by atoms with van der Waals surface area (Å²) in [5, 5.41) is 4.20. The van der Waals surface area contributed by atoms with E-state index in [2.05, 4.69) is 29.2 Å². The van der Waals surface area contributed by atoms with Crippen LogP contribution >= 0.6 is 0 Å². The van der Waals surface area contributed by atoms with Crippen LogP contribution in [0.3, 0.4) is 0 Å². The van der Waals surface area contributed by atoms with E-state index in [9.17, 15) is 4.79 Å². The van der Waals surface area contributed by atoms with E-state index >= 15 is 0 Å². The third-order valence-corrected chi connectivity index (χ3v) is 3.85. The fourth-order valence-corrected chi connectivity index (χ4v) is 2.55. The molecule has 1 heterocycles. The van der Waals surface area contributed by atoms with E-state index in [1.54, 1.807) is 11.8 Å². The Bertz CT molecular complexity index is 592. The minimum Gasteiger partial charge on any atom is -0.497 e. The molecule has 0 fully saturated rings. The summed E-state index contributed by atoms with van der Waals surface area (Å²) in [5.41, 5.74) is 2.30. The Balaban J connectivity index is 2.12. The molecule has 0 saturated carbocycles. The molecule has 2 aromatic rings. The molecule has 1 atom stereocenters. The molecule has 0 bridgehead atoms. The molecule has 5 heteroatoms. The van der Waals surface area contributed by atoms with Gasteiger partial charge in [0.25, 0.3) is 0 Å². The number of hydrogen-bond donors (Lipinski definition) is 0. The van der Waals surface area contributed by atoms with Crippen LogP contribution in [0.25, 0.3) is 0 Å². The second-order valence-electron chi connectivity index (χ2n) is 5.47. The fraction of sp³-hybridized carbons (Fsp3) is 0.412. The number of carbonyl (C=O) groups is 1. The predicted octanol–water partition coefficient (Wildman–Crippen LogP) is 2.63. The molecule has 118 valence electrons. The Labute approximate surface area is 131 Å². The molecule has 1 aromatic heterocycles. The summed E-state index contributed by atoms with van der Waals surface area (Å²) in [6.07, 6.45) is 6.23. The van der Waals surface area contributed by atoms with E-state index in [4.69, 9.17) is 4.74 Å². The Morgan fingerprint density at radius 3 is 2.64 bits per heavy atom. The number of anilines is 1. The van der Waals surface area contributed by atoms with E-state index < -0.39 is 0 Å². The summed E-state index contributed by atoms with van der Waals surface area (Å²) in [4.78, 5) is 12.9. The first kappa shape index (κ1) is 16.1. The van der Waals surface area contributed by atoms with Crippen molar-refractivity contribution in [2.45, 2.75) is 18.8 Å². The number of hydrogen-bond acceptors (Lipinski definition) is 4. The smallest absolute Gasteiger partial charge is 0.120 e. The normalized spacial score (nSPS) is 12.0. The maximum Gasteiger partial charge on any atom is 0.120 e. The third kappa shape index (κ3) is 4.10. The molecular formula is C17H23N3O2. The molecule has 1 unspecified atom stereocenters. The summed E-state index contributed by atoms with van der Waals surface area (Å²) in [6, 6.07) is 8.08. The van der Waals surface area contributed by atoms with Gasteiger partial charge in [-0.3, -0.25) is 4.68 Å².